The second-order valence-electron chi connectivity index (χ2n) is 5.16. The molecule has 0 heterocycles. The molecule has 0 atom stereocenters. The summed E-state index contributed by atoms with van der Waals surface area (Å²) in [5, 5.41) is 0. The molecule has 20 heavy (non-hydrogen) atoms. The number of benzene rings is 1. The van der Waals surface area contributed by atoms with Crippen LogP contribution in [-0.4, -0.2) is 11.5 Å². The van der Waals surface area contributed by atoms with Crippen LogP contribution in [0.15, 0.2) is 47.6 Å². The zero-order valence-corrected chi connectivity index (χ0v) is 14.9. The molecule has 0 fully saturated rings. The number of hydrogen-bond acceptors (Lipinski definition) is 1. The van der Waals surface area contributed by atoms with Crippen LogP contribution in [0.3, 0.4) is 0 Å². The normalized spacial score (nSPS) is 12.6. The van der Waals surface area contributed by atoms with Gasteiger partial charge in [-0.1, -0.05) is 58.0 Å². The monoisotopic (exact) mass is 384 g/mol. The Morgan fingerprint density at radius 2 is 1.70 bits per heavy atom. The molecule has 0 aliphatic carbocycles. The zero-order chi connectivity index (χ0) is 14.8. The van der Waals surface area contributed by atoms with Crippen molar-refractivity contribution >= 4 is 22.6 Å². The van der Waals surface area contributed by atoms with Gasteiger partial charge in [0.1, 0.15) is 5.75 Å². The second kappa shape index (κ2) is 10.0. The van der Waals surface area contributed by atoms with Gasteiger partial charge in [-0.15, -0.1) is 0 Å². The Balaban J connectivity index is 2.32. The number of methoxy groups -OCH3 is 1. The Hall–Kier alpha value is -0.770. The van der Waals surface area contributed by atoms with Crippen molar-refractivity contribution in [1.29, 1.82) is 0 Å². The highest BCUT2D eigenvalue weighted by Gasteiger charge is 1.95. The van der Waals surface area contributed by atoms with Crippen molar-refractivity contribution < 1.29 is 4.74 Å². The summed E-state index contributed by atoms with van der Waals surface area (Å²) in [6.07, 6.45) is 9.29. The van der Waals surface area contributed by atoms with E-state index in [4.69, 9.17) is 4.74 Å². The van der Waals surface area contributed by atoms with Gasteiger partial charge >= 0.3 is 0 Å². The number of ether oxygens (including phenoxy) is 1. The molecule has 0 aliphatic heterocycles. The lowest BCUT2D eigenvalue weighted by Crippen LogP contribution is -1.86. The highest BCUT2D eigenvalue weighted by molar-refractivity contribution is 14.1. The fraction of sp³-hybridized carbons (Fsp3) is 0.444. The van der Waals surface area contributed by atoms with Gasteiger partial charge in [-0.05, 0) is 57.2 Å². The van der Waals surface area contributed by atoms with Crippen molar-refractivity contribution in [3.63, 3.8) is 0 Å². The lowest BCUT2D eigenvalue weighted by Gasteiger charge is -2.03. The molecule has 1 aromatic rings. The first-order chi connectivity index (χ1) is 9.65. The Labute approximate surface area is 137 Å². The fourth-order valence-electron chi connectivity index (χ4n) is 1.98. The van der Waals surface area contributed by atoms with Crippen LogP contribution in [0.5, 0.6) is 5.75 Å². The van der Waals surface area contributed by atoms with Crippen LogP contribution in [0.4, 0.5) is 0 Å². The first-order valence-electron chi connectivity index (χ1n) is 7.16. The zero-order valence-electron chi connectivity index (χ0n) is 12.8. The van der Waals surface area contributed by atoms with E-state index in [9.17, 15) is 0 Å². The first kappa shape index (κ1) is 17.3. The molecule has 0 saturated carbocycles. The molecule has 1 aromatic carbocycles. The lowest BCUT2D eigenvalue weighted by atomic mass is 10.1. The lowest BCUT2D eigenvalue weighted by molar-refractivity contribution is 0.414. The number of aryl methyl sites for hydroxylation is 1. The standard InChI is InChI=1S/C18H25IO/c1-15(6-4-8-16(2)14-19)7-5-9-17-10-12-18(20-3)13-11-17/h7-8,10-13H,4-6,9,14H2,1-3H3/b15-7+,16-8-. The summed E-state index contributed by atoms with van der Waals surface area (Å²) in [6, 6.07) is 8.36. The van der Waals surface area contributed by atoms with E-state index in [0.29, 0.717) is 0 Å². The minimum Gasteiger partial charge on any atom is -0.497 e. The predicted molar refractivity (Wildman–Crippen MR) is 97.0 cm³/mol. The van der Waals surface area contributed by atoms with Gasteiger partial charge in [0.15, 0.2) is 0 Å². The quantitative estimate of drug-likeness (QED) is 0.316. The Morgan fingerprint density at radius 3 is 2.30 bits per heavy atom. The number of allylic oxidation sites excluding steroid dienone is 4. The molecule has 0 aromatic heterocycles. The number of hydrogen-bond donors (Lipinski definition) is 0. The van der Waals surface area contributed by atoms with E-state index in [-0.39, 0.29) is 0 Å². The summed E-state index contributed by atoms with van der Waals surface area (Å²) in [6.45, 7) is 4.44. The summed E-state index contributed by atoms with van der Waals surface area (Å²) >= 11 is 2.41. The van der Waals surface area contributed by atoms with Gasteiger partial charge < -0.3 is 4.74 Å². The van der Waals surface area contributed by atoms with E-state index in [1.807, 2.05) is 12.1 Å². The van der Waals surface area contributed by atoms with Gasteiger partial charge in [-0.2, -0.15) is 0 Å². The SMILES string of the molecule is COc1ccc(CC/C=C(\C)CC/C=C(/C)CI)cc1. The molecule has 0 unspecified atom stereocenters. The smallest absolute Gasteiger partial charge is 0.118 e. The summed E-state index contributed by atoms with van der Waals surface area (Å²) in [5.74, 6) is 0.929. The van der Waals surface area contributed by atoms with E-state index >= 15 is 0 Å². The molecule has 0 spiro atoms. The van der Waals surface area contributed by atoms with Crippen LogP contribution >= 0.6 is 22.6 Å². The number of halogens is 1. The second-order valence-corrected chi connectivity index (χ2v) is 5.92. The highest BCUT2D eigenvalue weighted by Crippen LogP contribution is 2.14. The molecule has 0 saturated heterocycles. The maximum atomic E-state index is 5.17. The minimum absolute atomic E-state index is 0.929. The van der Waals surface area contributed by atoms with Crippen molar-refractivity contribution in [2.45, 2.75) is 39.5 Å². The summed E-state index contributed by atoms with van der Waals surface area (Å²) in [7, 11) is 1.70. The number of rotatable bonds is 8. The van der Waals surface area contributed by atoms with Crippen LogP contribution in [0.1, 0.15) is 38.7 Å². The van der Waals surface area contributed by atoms with Crippen molar-refractivity contribution in [2.75, 3.05) is 11.5 Å². The van der Waals surface area contributed by atoms with Crippen molar-refractivity contribution in [1.82, 2.24) is 0 Å². The highest BCUT2D eigenvalue weighted by atomic mass is 127. The van der Waals surface area contributed by atoms with Crippen LogP contribution < -0.4 is 4.74 Å². The van der Waals surface area contributed by atoms with Crippen LogP contribution in [0.25, 0.3) is 0 Å². The van der Waals surface area contributed by atoms with E-state index in [0.717, 1.165) is 23.0 Å². The van der Waals surface area contributed by atoms with E-state index in [2.05, 4.69) is 60.7 Å². The van der Waals surface area contributed by atoms with E-state index in [1.54, 1.807) is 7.11 Å². The molecule has 1 rings (SSSR count). The molecule has 1 nitrogen and oxygen atoms in total. The molecular weight excluding hydrogens is 359 g/mol. The van der Waals surface area contributed by atoms with Crippen molar-refractivity contribution in [3.05, 3.63) is 53.1 Å². The van der Waals surface area contributed by atoms with Gasteiger partial charge in [0.2, 0.25) is 0 Å². The maximum Gasteiger partial charge on any atom is 0.118 e. The van der Waals surface area contributed by atoms with Gasteiger partial charge in [0.05, 0.1) is 7.11 Å². The van der Waals surface area contributed by atoms with Crippen LogP contribution in [0, 0.1) is 0 Å². The fourth-order valence-corrected chi connectivity index (χ4v) is 2.29. The molecular formula is C18H25IO. The molecule has 0 N–H and O–H groups in total. The predicted octanol–water partition coefficient (Wildman–Crippen LogP) is 5.74. The maximum absolute atomic E-state index is 5.17. The average Bonchev–Trinajstić information content (AvgIpc) is 2.47. The Morgan fingerprint density at radius 1 is 1.05 bits per heavy atom. The average molecular weight is 384 g/mol. The number of alkyl halides is 1. The van der Waals surface area contributed by atoms with Crippen LogP contribution in [0.2, 0.25) is 0 Å². The Kier molecular flexibility index (Phi) is 8.67. The van der Waals surface area contributed by atoms with Crippen molar-refractivity contribution in [3.8, 4) is 5.75 Å². The topological polar surface area (TPSA) is 9.23 Å². The van der Waals surface area contributed by atoms with Crippen LogP contribution in [-0.2, 0) is 6.42 Å². The first-order valence-corrected chi connectivity index (χ1v) is 8.68. The van der Waals surface area contributed by atoms with E-state index < -0.39 is 0 Å². The summed E-state index contributed by atoms with van der Waals surface area (Å²) < 4.78 is 6.30. The molecule has 2 heteroatoms. The van der Waals surface area contributed by atoms with Gasteiger partial charge in [-0.25, -0.2) is 0 Å². The minimum atomic E-state index is 0.929. The van der Waals surface area contributed by atoms with Crippen molar-refractivity contribution in [2.24, 2.45) is 0 Å². The summed E-state index contributed by atoms with van der Waals surface area (Å²) in [4.78, 5) is 0. The molecule has 0 aliphatic rings. The molecule has 0 bridgehead atoms. The Bertz CT molecular complexity index is 443. The van der Waals surface area contributed by atoms with Gasteiger partial charge in [0.25, 0.3) is 0 Å². The van der Waals surface area contributed by atoms with Gasteiger partial charge in [0, 0.05) is 4.43 Å². The summed E-state index contributed by atoms with van der Waals surface area (Å²) in [5.41, 5.74) is 4.35. The largest absolute Gasteiger partial charge is 0.497 e. The third-order valence-corrected chi connectivity index (χ3v) is 4.53. The van der Waals surface area contributed by atoms with Gasteiger partial charge in [-0.3, -0.25) is 0 Å². The molecule has 0 radical (unpaired) electrons. The molecule has 0 amide bonds. The third kappa shape index (κ3) is 7.13. The third-order valence-electron chi connectivity index (χ3n) is 3.33. The molecule has 110 valence electrons. The van der Waals surface area contributed by atoms with E-state index in [1.165, 1.54) is 29.6 Å².